The number of hydrogen-bond acceptors (Lipinski definition) is 3. The maximum absolute atomic E-state index is 5.29. The highest BCUT2D eigenvalue weighted by molar-refractivity contribution is 5.64. The SMILES string of the molecule is COc1cc(-c2ccccc2)nc(-c2ccccc2)n1. The van der Waals surface area contributed by atoms with Gasteiger partial charge in [0.05, 0.1) is 12.8 Å². The van der Waals surface area contributed by atoms with Crippen LogP contribution in [0.4, 0.5) is 0 Å². The Kier molecular flexibility index (Phi) is 3.42. The van der Waals surface area contributed by atoms with Crippen molar-refractivity contribution in [3.63, 3.8) is 0 Å². The summed E-state index contributed by atoms with van der Waals surface area (Å²) in [5, 5.41) is 0. The third-order valence-corrected chi connectivity index (χ3v) is 3.01. The fraction of sp³-hybridized carbons (Fsp3) is 0.0588. The van der Waals surface area contributed by atoms with Gasteiger partial charge in [0.15, 0.2) is 5.82 Å². The normalized spacial score (nSPS) is 10.2. The third kappa shape index (κ3) is 2.52. The summed E-state index contributed by atoms with van der Waals surface area (Å²) in [6.07, 6.45) is 0. The average molecular weight is 262 g/mol. The lowest BCUT2D eigenvalue weighted by Crippen LogP contribution is -1.96. The number of rotatable bonds is 3. The molecule has 0 spiro atoms. The van der Waals surface area contributed by atoms with Crippen LogP contribution in [0.5, 0.6) is 5.88 Å². The molecule has 0 unspecified atom stereocenters. The molecule has 0 saturated heterocycles. The number of methoxy groups -OCH3 is 1. The molecule has 98 valence electrons. The van der Waals surface area contributed by atoms with Gasteiger partial charge in [-0.05, 0) is 0 Å². The summed E-state index contributed by atoms with van der Waals surface area (Å²) in [4.78, 5) is 9.05. The molecule has 2 aromatic carbocycles. The van der Waals surface area contributed by atoms with E-state index in [2.05, 4.69) is 9.97 Å². The topological polar surface area (TPSA) is 35.0 Å². The molecule has 3 nitrogen and oxygen atoms in total. The molecule has 1 heterocycles. The van der Waals surface area contributed by atoms with Crippen LogP contribution in [0.3, 0.4) is 0 Å². The molecule has 0 aliphatic rings. The molecular formula is C17H14N2O. The molecular weight excluding hydrogens is 248 g/mol. The van der Waals surface area contributed by atoms with Gasteiger partial charge in [-0.1, -0.05) is 60.7 Å². The summed E-state index contributed by atoms with van der Waals surface area (Å²) in [5.74, 6) is 1.24. The minimum Gasteiger partial charge on any atom is -0.481 e. The molecule has 1 aromatic heterocycles. The van der Waals surface area contributed by atoms with E-state index in [0.717, 1.165) is 16.8 Å². The molecule has 0 radical (unpaired) electrons. The van der Waals surface area contributed by atoms with Gasteiger partial charge in [0.25, 0.3) is 0 Å². The lowest BCUT2D eigenvalue weighted by Gasteiger charge is -2.07. The van der Waals surface area contributed by atoms with Crippen molar-refractivity contribution in [1.82, 2.24) is 9.97 Å². The highest BCUT2D eigenvalue weighted by Gasteiger charge is 2.08. The standard InChI is InChI=1S/C17H14N2O/c1-20-16-12-15(13-8-4-2-5-9-13)18-17(19-16)14-10-6-3-7-11-14/h2-12H,1H3. The summed E-state index contributed by atoms with van der Waals surface area (Å²) in [6.45, 7) is 0. The van der Waals surface area contributed by atoms with E-state index in [1.54, 1.807) is 7.11 Å². The van der Waals surface area contributed by atoms with Crippen LogP contribution in [0.1, 0.15) is 0 Å². The van der Waals surface area contributed by atoms with Crippen LogP contribution >= 0.6 is 0 Å². The van der Waals surface area contributed by atoms with Crippen LogP contribution < -0.4 is 4.74 Å². The fourth-order valence-electron chi connectivity index (χ4n) is 2.00. The zero-order chi connectivity index (χ0) is 13.8. The highest BCUT2D eigenvalue weighted by Crippen LogP contribution is 2.24. The number of hydrogen-bond donors (Lipinski definition) is 0. The first kappa shape index (κ1) is 12.4. The molecule has 0 saturated carbocycles. The lowest BCUT2D eigenvalue weighted by molar-refractivity contribution is 0.398. The van der Waals surface area contributed by atoms with Crippen LogP contribution in [0.2, 0.25) is 0 Å². The van der Waals surface area contributed by atoms with E-state index < -0.39 is 0 Å². The molecule has 3 heteroatoms. The molecule has 0 bridgehead atoms. The van der Waals surface area contributed by atoms with E-state index in [-0.39, 0.29) is 0 Å². The van der Waals surface area contributed by atoms with E-state index in [9.17, 15) is 0 Å². The van der Waals surface area contributed by atoms with Crippen molar-refractivity contribution in [3.05, 3.63) is 66.7 Å². The molecule has 0 fully saturated rings. The van der Waals surface area contributed by atoms with Gasteiger partial charge in [0.1, 0.15) is 0 Å². The van der Waals surface area contributed by atoms with Crippen molar-refractivity contribution in [3.8, 4) is 28.5 Å². The van der Waals surface area contributed by atoms with Gasteiger partial charge in [-0.3, -0.25) is 0 Å². The Bertz CT molecular complexity index is 639. The monoisotopic (exact) mass is 262 g/mol. The van der Waals surface area contributed by atoms with E-state index in [1.165, 1.54) is 0 Å². The fourth-order valence-corrected chi connectivity index (χ4v) is 2.00. The van der Waals surface area contributed by atoms with Crippen LogP contribution in [-0.2, 0) is 0 Å². The lowest BCUT2D eigenvalue weighted by atomic mass is 10.1. The molecule has 0 aliphatic carbocycles. The Morgan fingerprint density at radius 2 is 1.35 bits per heavy atom. The number of ether oxygens (including phenoxy) is 1. The third-order valence-electron chi connectivity index (χ3n) is 3.01. The molecule has 0 amide bonds. The van der Waals surface area contributed by atoms with Crippen molar-refractivity contribution in [2.45, 2.75) is 0 Å². The quantitative estimate of drug-likeness (QED) is 0.719. The average Bonchev–Trinajstić information content (AvgIpc) is 2.56. The first-order valence-corrected chi connectivity index (χ1v) is 6.41. The smallest absolute Gasteiger partial charge is 0.217 e. The van der Waals surface area contributed by atoms with Gasteiger partial charge in [0.2, 0.25) is 5.88 Å². The largest absolute Gasteiger partial charge is 0.481 e. The van der Waals surface area contributed by atoms with Crippen LogP contribution in [0.15, 0.2) is 66.7 Å². The summed E-state index contributed by atoms with van der Waals surface area (Å²) < 4.78 is 5.29. The Hall–Kier alpha value is -2.68. The Morgan fingerprint density at radius 1 is 0.750 bits per heavy atom. The second-order valence-electron chi connectivity index (χ2n) is 4.35. The summed E-state index contributed by atoms with van der Waals surface area (Å²) >= 11 is 0. The van der Waals surface area contributed by atoms with Gasteiger partial charge < -0.3 is 4.74 Å². The first-order valence-electron chi connectivity index (χ1n) is 6.41. The van der Waals surface area contributed by atoms with Gasteiger partial charge in [0, 0.05) is 17.2 Å². The zero-order valence-electron chi connectivity index (χ0n) is 11.2. The summed E-state index contributed by atoms with van der Waals surface area (Å²) in [5.41, 5.74) is 2.88. The van der Waals surface area contributed by atoms with Gasteiger partial charge in [-0.25, -0.2) is 4.98 Å². The Balaban J connectivity index is 2.13. The molecule has 0 aliphatic heterocycles. The number of aromatic nitrogens is 2. The minimum absolute atomic E-state index is 0.567. The Labute approximate surface area is 117 Å². The first-order chi connectivity index (χ1) is 9.86. The van der Waals surface area contributed by atoms with Gasteiger partial charge in [-0.15, -0.1) is 0 Å². The predicted octanol–water partition coefficient (Wildman–Crippen LogP) is 3.82. The Morgan fingerprint density at radius 3 is 1.95 bits per heavy atom. The van der Waals surface area contributed by atoms with Crippen molar-refractivity contribution in [2.75, 3.05) is 7.11 Å². The molecule has 0 N–H and O–H groups in total. The van der Waals surface area contributed by atoms with Crippen LogP contribution in [-0.4, -0.2) is 17.1 Å². The van der Waals surface area contributed by atoms with Gasteiger partial charge >= 0.3 is 0 Å². The van der Waals surface area contributed by atoms with Crippen molar-refractivity contribution in [1.29, 1.82) is 0 Å². The van der Waals surface area contributed by atoms with Crippen LogP contribution in [0.25, 0.3) is 22.6 Å². The van der Waals surface area contributed by atoms with E-state index in [0.29, 0.717) is 11.7 Å². The van der Waals surface area contributed by atoms with Gasteiger partial charge in [-0.2, -0.15) is 4.98 Å². The molecule has 3 rings (SSSR count). The van der Waals surface area contributed by atoms with E-state index in [1.807, 2.05) is 66.7 Å². The van der Waals surface area contributed by atoms with E-state index in [4.69, 9.17) is 4.74 Å². The van der Waals surface area contributed by atoms with E-state index >= 15 is 0 Å². The minimum atomic E-state index is 0.567. The highest BCUT2D eigenvalue weighted by atomic mass is 16.5. The van der Waals surface area contributed by atoms with Crippen LogP contribution in [0, 0.1) is 0 Å². The van der Waals surface area contributed by atoms with Crippen molar-refractivity contribution < 1.29 is 4.74 Å². The maximum atomic E-state index is 5.29. The predicted molar refractivity (Wildman–Crippen MR) is 79.5 cm³/mol. The van der Waals surface area contributed by atoms with Crippen molar-refractivity contribution in [2.24, 2.45) is 0 Å². The summed E-state index contributed by atoms with van der Waals surface area (Å²) in [7, 11) is 1.62. The summed E-state index contributed by atoms with van der Waals surface area (Å²) in [6, 6.07) is 21.8. The van der Waals surface area contributed by atoms with Crippen molar-refractivity contribution >= 4 is 0 Å². The zero-order valence-corrected chi connectivity index (χ0v) is 11.2. The maximum Gasteiger partial charge on any atom is 0.217 e. The second-order valence-corrected chi connectivity index (χ2v) is 4.35. The molecule has 3 aromatic rings. The molecule has 20 heavy (non-hydrogen) atoms. The second kappa shape index (κ2) is 5.53. The number of benzene rings is 2. The molecule has 0 atom stereocenters. The number of nitrogens with zero attached hydrogens (tertiary/aromatic N) is 2.